The number of carboxylic acid groups (broad SMARTS) is 1. The van der Waals surface area contributed by atoms with Gasteiger partial charge >= 0.3 is 5.97 Å². The quantitative estimate of drug-likeness (QED) is 0.757. The molecule has 15 heavy (non-hydrogen) atoms. The molecule has 0 bridgehead atoms. The molecule has 1 heterocycles. The molecule has 0 atom stereocenters. The SMILES string of the molecule is O=C(O)CCCC1CCN(C2CC2)CC1. The number of hydrogen-bond donors (Lipinski definition) is 1. The van der Waals surface area contributed by atoms with E-state index in [1.165, 1.54) is 38.8 Å². The van der Waals surface area contributed by atoms with Crippen molar-refractivity contribution in [3.8, 4) is 0 Å². The molecular formula is C12H21NO2. The lowest BCUT2D eigenvalue weighted by atomic mass is 9.91. The van der Waals surface area contributed by atoms with Crippen LogP contribution < -0.4 is 0 Å². The summed E-state index contributed by atoms with van der Waals surface area (Å²) in [5.41, 5.74) is 0. The lowest BCUT2D eigenvalue weighted by Crippen LogP contribution is -2.35. The first-order valence-electron chi connectivity index (χ1n) is 6.21. The van der Waals surface area contributed by atoms with E-state index in [0.717, 1.165) is 24.8 Å². The van der Waals surface area contributed by atoms with E-state index in [1.54, 1.807) is 0 Å². The van der Waals surface area contributed by atoms with E-state index in [-0.39, 0.29) is 0 Å². The first-order valence-corrected chi connectivity index (χ1v) is 6.21. The zero-order valence-corrected chi connectivity index (χ0v) is 9.32. The fourth-order valence-corrected chi connectivity index (χ4v) is 2.59. The van der Waals surface area contributed by atoms with Crippen molar-refractivity contribution >= 4 is 5.97 Å². The molecule has 0 spiro atoms. The van der Waals surface area contributed by atoms with Crippen LogP contribution in [0.3, 0.4) is 0 Å². The Morgan fingerprint density at radius 1 is 1.20 bits per heavy atom. The third kappa shape index (κ3) is 3.49. The van der Waals surface area contributed by atoms with E-state index in [4.69, 9.17) is 5.11 Å². The smallest absolute Gasteiger partial charge is 0.303 e. The Morgan fingerprint density at radius 3 is 2.40 bits per heavy atom. The molecule has 2 fully saturated rings. The van der Waals surface area contributed by atoms with Crippen molar-refractivity contribution in [3.63, 3.8) is 0 Å². The van der Waals surface area contributed by atoms with Crippen LogP contribution in [0.4, 0.5) is 0 Å². The van der Waals surface area contributed by atoms with Gasteiger partial charge in [-0.05, 0) is 57.5 Å². The summed E-state index contributed by atoms with van der Waals surface area (Å²) in [6.07, 6.45) is 7.72. The Hall–Kier alpha value is -0.570. The maximum atomic E-state index is 10.4. The van der Waals surface area contributed by atoms with Crippen LogP contribution in [-0.4, -0.2) is 35.1 Å². The number of nitrogens with zero attached hydrogens (tertiary/aromatic N) is 1. The topological polar surface area (TPSA) is 40.5 Å². The zero-order valence-electron chi connectivity index (χ0n) is 9.32. The largest absolute Gasteiger partial charge is 0.481 e. The van der Waals surface area contributed by atoms with E-state index in [2.05, 4.69) is 4.90 Å². The maximum Gasteiger partial charge on any atom is 0.303 e. The lowest BCUT2D eigenvalue weighted by Gasteiger charge is -2.31. The van der Waals surface area contributed by atoms with Gasteiger partial charge in [0.05, 0.1) is 0 Å². The highest BCUT2D eigenvalue weighted by molar-refractivity contribution is 5.66. The predicted octanol–water partition coefficient (Wildman–Crippen LogP) is 2.12. The molecule has 1 saturated heterocycles. The second-order valence-electron chi connectivity index (χ2n) is 5.00. The van der Waals surface area contributed by atoms with Gasteiger partial charge in [-0.1, -0.05) is 0 Å². The zero-order chi connectivity index (χ0) is 10.7. The average Bonchev–Trinajstić information content (AvgIpc) is 3.02. The van der Waals surface area contributed by atoms with Gasteiger partial charge in [0.2, 0.25) is 0 Å². The van der Waals surface area contributed by atoms with Crippen LogP contribution >= 0.6 is 0 Å². The molecule has 86 valence electrons. The second-order valence-corrected chi connectivity index (χ2v) is 5.00. The third-order valence-corrected chi connectivity index (χ3v) is 3.72. The summed E-state index contributed by atoms with van der Waals surface area (Å²) in [4.78, 5) is 13.0. The summed E-state index contributed by atoms with van der Waals surface area (Å²) >= 11 is 0. The van der Waals surface area contributed by atoms with E-state index in [1.807, 2.05) is 0 Å². The van der Waals surface area contributed by atoms with Crippen LogP contribution in [0.25, 0.3) is 0 Å². The van der Waals surface area contributed by atoms with Crippen LogP contribution in [0.5, 0.6) is 0 Å². The van der Waals surface area contributed by atoms with Crippen LogP contribution in [0.2, 0.25) is 0 Å². The van der Waals surface area contributed by atoms with Gasteiger partial charge in [-0.25, -0.2) is 0 Å². The van der Waals surface area contributed by atoms with Gasteiger partial charge in [0, 0.05) is 12.5 Å². The predicted molar refractivity (Wildman–Crippen MR) is 58.8 cm³/mol. The number of likely N-dealkylation sites (tertiary alicyclic amines) is 1. The third-order valence-electron chi connectivity index (χ3n) is 3.72. The monoisotopic (exact) mass is 211 g/mol. The summed E-state index contributed by atoms with van der Waals surface area (Å²) < 4.78 is 0. The van der Waals surface area contributed by atoms with Crippen molar-refractivity contribution in [1.82, 2.24) is 4.90 Å². The van der Waals surface area contributed by atoms with E-state index in [9.17, 15) is 4.79 Å². The first-order chi connectivity index (χ1) is 7.25. The normalized spacial score (nSPS) is 24.3. The van der Waals surface area contributed by atoms with Crippen molar-refractivity contribution in [2.75, 3.05) is 13.1 Å². The Labute approximate surface area is 91.5 Å². The summed E-state index contributed by atoms with van der Waals surface area (Å²) in [6.45, 7) is 2.50. The Bertz CT molecular complexity index is 218. The van der Waals surface area contributed by atoms with E-state index >= 15 is 0 Å². The molecule has 1 aliphatic carbocycles. The van der Waals surface area contributed by atoms with Crippen LogP contribution in [0, 0.1) is 5.92 Å². The van der Waals surface area contributed by atoms with Gasteiger partial charge < -0.3 is 10.0 Å². The highest BCUT2D eigenvalue weighted by Gasteiger charge is 2.31. The Morgan fingerprint density at radius 2 is 1.87 bits per heavy atom. The van der Waals surface area contributed by atoms with Gasteiger partial charge in [-0.2, -0.15) is 0 Å². The standard InChI is InChI=1S/C12H21NO2/c14-12(15)3-1-2-10-6-8-13(9-7-10)11-4-5-11/h10-11H,1-9H2,(H,14,15). The van der Waals surface area contributed by atoms with Crippen LogP contribution in [-0.2, 0) is 4.79 Å². The molecule has 1 saturated carbocycles. The molecule has 1 N–H and O–H groups in total. The molecule has 0 radical (unpaired) electrons. The molecule has 1 aliphatic heterocycles. The Kier molecular flexibility index (Phi) is 3.62. The first kappa shape index (κ1) is 10.9. The Balaban J connectivity index is 1.58. The lowest BCUT2D eigenvalue weighted by molar-refractivity contribution is -0.137. The van der Waals surface area contributed by atoms with E-state index < -0.39 is 5.97 Å². The second kappa shape index (κ2) is 4.97. The highest BCUT2D eigenvalue weighted by atomic mass is 16.4. The molecule has 0 unspecified atom stereocenters. The molecule has 3 heteroatoms. The van der Waals surface area contributed by atoms with E-state index in [0.29, 0.717) is 6.42 Å². The van der Waals surface area contributed by atoms with Crippen LogP contribution in [0.1, 0.15) is 44.9 Å². The molecule has 0 aromatic rings. The number of rotatable bonds is 5. The van der Waals surface area contributed by atoms with Gasteiger partial charge in [0.15, 0.2) is 0 Å². The number of carbonyl (C=O) groups is 1. The molecule has 2 rings (SSSR count). The molecule has 3 nitrogen and oxygen atoms in total. The minimum atomic E-state index is -0.648. The molecule has 0 amide bonds. The number of piperidine rings is 1. The van der Waals surface area contributed by atoms with Crippen LogP contribution in [0.15, 0.2) is 0 Å². The number of hydrogen-bond acceptors (Lipinski definition) is 2. The minimum absolute atomic E-state index is 0.350. The maximum absolute atomic E-state index is 10.4. The summed E-state index contributed by atoms with van der Waals surface area (Å²) in [5.74, 6) is 0.143. The summed E-state index contributed by atoms with van der Waals surface area (Å²) in [5, 5.41) is 8.56. The minimum Gasteiger partial charge on any atom is -0.481 e. The van der Waals surface area contributed by atoms with Crippen molar-refractivity contribution in [3.05, 3.63) is 0 Å². The molecule has 0 aromatic carbocycles. The summed E-state index contributed by atoms with van der Waals surface area (Å²) in [6, 6.07) is 0.907. The van der Waals surface area contributed by atoms with Crippen molar-refractivity contribution in [2.45, 2.75) is 51.0 Å². The number of aliphatic carboxylic acids is 1. The van der Waals surface area contributed by atoms with Gasteiger partial charge in [0.1, 0.15) is 0 Å². The van der Waals surface area contributed by atoms with Gasteiger partial charge in [-0.15, -0.1) is 0 Å². The van der Waals surface area contributed by atoms with Gasteiger partial charge in [-0.3, -0.25) is 4.79 Å². The summed E-state index contributed by atoms with van der Waals surface area (Å²) in [7, 11) is 0. The fourth-order valence-electron chi connectivity index (χ4n) is 2.59. The molecule has 0 aromatic heterocycles. The van der Waals surface area contributed by atoms with Crippen molar-refractivity contribution in [2.24, 2.45) is 5.92 Å². The molecule has 2 aliphatic rings. The van der Waals surface area contributed by atoms with Crippen molar-refractivity contribution < 1.29 is 9.90 Å². The fraction of sp³-hybridized carbons (Fsp3) is 0.917. The highest BCUT2D eigenvalue weighted by Crippen LogP contribution is 2.32. The van der Waals surface area contributed by atoms with Gasteiger partial charge in [0.25, 0.3) is 0 Å². The number of carboxylic acids is 1. The average molecular weight is 211 g/mol. The van der Waals surface area contributed by atoms with Crippen molar-refractivity contribution in [1.29, 1.82) is 0 Å². The molecular weight excluding hydrogens is 190 g/mol.